The quantitative estimate of drug-likeness (QED) is 0.559. The molecule has 6 nitrogen and oxygen atoms in total. The van der Waals surface area contributed by atoms with Crippen LogP contribution < -0.4 is 10.6 Å². The highest BCUT2D eigenvalue weighted by Crippen LogP contribution is 2.38. The van der Waals surface area contributed by atoms with Gasteiger partial charge in [0, 0.05) is 0 Å². The van der Waals surface area contributed by atoms with E-state index in [1.165, 1.54) is 0 Å². The molecule has 0 aromatic carbocycles. The van der Waals surface area contributed by atoms with Crippen LogP contribution in [0.1, 0.15) is 55.4 Å². The Balaban J connectivity index is 6.63. The van der Waals surface area contributed by atoms with Gasteiger partial charge < -0.3 is 9.47 Å². The molecule has 24 heavy (non-hydrogen) atoms. The third kappa shape index (κ3) is 3.91. The summed E-state index contributed by atoms with van der Waals surface area (Å²) < 4.78 is 10.8. The van der Waals surface area contributed by atoms with Crippen LogP contribution in [-0.2, 0) is 19.1 Å². The minimum atomic E-state index is -1.23. The topological polar surface area (TPSA) is 76.7 Å². The van der Waals surface area contributed by atoms with E-state index in [-0.39, 0.29) is 25.0 Å². The summed E-state index contributed by atoms with van der Waals surface area (Å²) in [7, 11) is 0. The maximum Gasteiger partial charge on any atom is 0.329 e. The molecular formula is C18H36N2O4. The molecule has 0 aliphatic rings. The van der Waals surface area contributed by atoms with Crippen molar-refractivity contribution < 1.29 is 19.1 Å². The van der Waals surface area contributed by atoms with Crippen molar-refractivity contribution in [3.63, 3.8) is 0 Å². The van der Waals surface area contributed by atoms with Crippen molar-refractivity contribution in [1.82, 2.24) is 10.6 Å². The van der Waals surface area contributed by atoms with Crippen LogP contribution in [0.25, 0.3) is 0 Å². The fraction of sp³-hybridized carbons (Fsp3) is 0.889. The molecule has 0 saturated carbocycles. The fourth-order valence-electron chi connectivity index (χ4n) is 3.58. The molecule has 0 fully saturated rings. The predicted octanol–water partition coefficient (Wildman–Crippen LogP) is 2.12. The Morgan fingerprint density at radius 1 is 0.750 bits per heavy atom. The van der Waals surface area contributed by atoms with Gasteiger partial charge in [-0.3, -0.25) is 10.6 Å². The average molecular weight is 344 g/mol. The van der Waals surface area contributed by atoms with Gasteiger partial charge in [0.05, 0.1) is 13.2 Å². The zero-order valence-electron chi connectivity index (χ0n) is 16.6. The van der Waals surface area contributed by atoms with Gasteiger partial charge in [-0.05, 0) is 38.8 Å². The number of nitrogens with one attached hydrogen (secondary N) is 2. The number of esters is 2. The largest absolute Gasteiger partial charge is 0.465 e. The number of rotatable bonds is 11. The Kier molecular flexibility index (Phi) is 9.51. The van der Waals surface area contributed by atoms with Crippen molar-refractivity contribution in [3.05, 3.63) is 0 Å². The lowest BCUT2D eigenvalue weighted by atomic mass is 9.63. The Morgan fingerprint density at radius 3 is 1.21 bits per heavy atom. The minimum Gasteiger partial charge on any atom is -0.465 e. The van der Waals surface area contributed by atoms with Crippen LogP contribution >= 0.6 is 0 Å². The van der Waals surface area contributed by atoms with Crippen LogP contribution in [-0.4, -0.2) is 49.3 Å². The SMILES string of the molecule is CCNC(C(=O)OCC)(C(C)C)C(NCC)(C(=O)OCC)C(C)C. The molecule has 0 saturated heterocycles. The van der Waals surface area contributed by atoms with Crippen LogP contribution in [0.3, 0.4) is 0 Å². The molecule has 2 atom stereocenters. The van der Waals surface area contributed by atoms with Gasteiger partial charge in [-0.15, -0.1) is 0 Å². The lowest BCUT2D eigenvalue weighted by Crippen LogP contribution is -2.80. The molecule has 0 aliphatic carbocycles. The number of ether oxygens (including phenoxy) is 2. The summed E-state index contributed by atoms with van der Waals surface area (Å²) in [4.78, 5) is 26.2. The Hall–Kier alpha value is -1.14. The zero-order valence-corrected chi connectivity index (χ0v) is 16.6. The van der Waals surface area contributed by atoms with E-state index in [4.69, 9.17) is 9.47 Å². The van der Waals surface area contributed by atoms with Crippen molar-refractivity contribution in [2.24, 2.45) is 11.8 Å². The molecule has 0 rings (SSSR count). The summed E-state index contributed by atoms with van der Waals surface area (Å²) in [5.74, 6) is -1.24. The Morgan fingerprint density at radius 2 is 1.04 bits per heavy atom. The molecule has 0 amide bonds. The molecular weight excluding hydrogens is 308 g/mol. The molecule has 0 aromatic rings. The van der Waals surface area contributed by atoms with E-state index >= 15 is 0 Å². The highest BCUT2D eigenvalue weighted by atomic mass is 16.5. The van der Waals surface area contributed by atoms with Crippen LogP contribution in [0.4, 0.5) is 0 Å². The van der Waals surface area contributed by atoms with E-state index in [2.05, 4.69) is 10.6 Å². The van der Waals surface area contributed by atoms with E-state index < -0.39 is 23.0 Å². The number of hydrogen-bond donors (Lipinski definition) is 2. The second-order valence-electron chi connectivity index (χ2n) is 6.43. The van der Waals surface area contributed by atoms with E-state index in [1.54, 1.807) is 13.8 Å². The molecule has 0 heterocycles. The van der Waals surface area contributed by atoms with Crippen LogP contribution in [0.2, 0.25) is 0 Å². The number of carbonyl (C=O) groups excluding carboxylic acids is 2. The molecule has 2 unspecified atom stereocenters. The van der Waals surface area contributed by atoms with Gasteiger partial charge in [0.2, 0.25) is 0 Å². The first-order chi connectivity index (χ1) is 11.2. The van der Waals surface area contributed by atoms with Gasteiger partial charge in [0.25, 0.3) is 0 Å². The molecule has 0 aliphatic heterocycles. The van der Waals surface area contributed by atoms with Crippen molar-refractivity contribution in [2.45, 2.75) is 66.5 Å². The molecule has 142 valence electrons. The monoisotopic (exact) mass is 344 g/mol. The van der Waals surface area contributed by atoms with Gasteiger partial charge in [0.1, 0.15) is 11.1 Å². The zero-order chi connectivity index (χ0) is 19.0. The standard InChI is InChI=1S/C18H36N2O4/c1-9-19-17(13(5)6,15(21)23-11-3)18(14(7)8,20-10-2)16(22)24-12-4/h13-14,19-20H,9-12H2,1-8H3. The van der Waals surface area contributed by atoms with Gasteiger partial charge in [0.15, 0.2) is 0 Å². The van der Waals surface area contributed by atoms with Crippen molar-refractivity contribution in [3.8, 4) is 0 Å². The highest BCUT2D eigenvalue weighted by Gasteiger charge is 2.65. The maximum absolute atomic E-state index is 13.1. The summed E-state index contributed by atoms with van der Waals surface area (Å²) >= 11 is 0. The van der Waals surface area contributed by atoms with Crippen LogP contribution in [0.5, 0.6) is 0 Å². The van der Waals surface area contributed by atoms with Gasteiger partial charge >= 0.3 is 11.9 Å². The molecule has 0 bridgehead atoms. The minimum absolute atomic E-state index is 0.192. The van der Waals surface area contributed by atoms with Gasteiger partial charge in [-0.25, -0.2) is 9.59 Å². The first kappa shape index (κ1) is 22.9. The summed E-state index contributed by atoms with van der Waals surface area (Å²) in [5.41, 5.74) is -2.46. The van der Waals surface area contributed by atoms with Gasteiger partial charge in [-0.2, -0.15) is 0 Å². The maximum atomic E-state index is 13.1. The second kappa shape index (κ2) is 9.99. The predicted molar refractivity (Wildman–Crippen MR) is 95.8 cm³/mol. The number of carbonyl (C=O) groups is 2. The van der Waals surface area contributed by atoms with Crippen molar-refractivity contribution >= 4 is 11.9 Å². The second-order valence-corrected chi connectivity index (χ2v) is 6.43. The van der Waals surface area contributed by atoms with E-state index in [9.17, 15) is 9.59 Å². The third-order valence-electron chi connectivity index (χ3n) is 4.46. The van der Waals surface area contributed by atoms with Gasteiger partial charge in [-0.1, -0.05) is 41.5 Å². The van der Waals surface area contributed by atoms with E-state index in [0.29, 0.717) is 13.1 Å². The molecule has 6 heteroatoms. The van der Waals surface area contributed by atoms with Crippen LogP contribution in [0, 0.1) is 11.8 Å². The summed E-state index contributed by atoms with van der Waals surface area (Å²) in [5, 5.41) is 6.58. The van der Waals surface area contributed by atoms with E-state index in [1.807, 2.05) is 41.5 Å². The Bertz CT molecular complexity index is 374. The normalized spacial score (nSPS) is 16.6. The van der Waals surface area contributed by atoms with Crippen molar-refractivity contribution in [2.75, 3.05) is 26.3 Å². The highest BCUT2D eigenvalue weighted by molar-refractivity contribution is 5.95. The van der Waals surface area contributed by atoms with E-state index in [0.717, 1.165) is 0 Å². The van der Waals surface area contributed by atoms with Crippen LogP contribution in [0.15, 0.2) is 0 Å². The summed E-state index contributed by atoms with van der Waals surface area (Å²) in [6, 6.07) is 0. The lowest BCUT2D eigenvalue weighted by molar-refractivity contribution is -0.175. The molecule has 0 radical (unpaired) electrons. The number of likely N-dealkylation sites (N-methyl/N-ethyl adjacent to an activating group) is 2. The Labute approximate surface area is 147 Å². The molecule has 0 aromatic heterocycles. The molecule has 0 spiro atoms. The summed E-state index contributed by atoms with van der Waals surface area (Å²) in [6.45, 7) is 16.6. The first-order valence-electron chi connectivity index (χ1n) is 9.07. The lowest BCUT2D eigenvalue weighted by Gasteiger charge is -2.52. The number of hydrogen-bond acceptors (Lipinski definition) is 6. The van der Waals surface area contributed by atoms with Crippen molar-refractivity contribution in [1.29, 1.82) is 0 Å². The first-order valence-corrected chi connectivity index (χ1v) is 9.07. The summed E-state index contributed by atoms with van der Waals surface area (Å²) in [6.07, 6.45) is 0. The fourth-order valence-corrected chi connectivity index (χ4v) is 3.58. The molecule has 2 N–H and O–H groups in total. The third-order valence-corrected chi connectivity index (χ3v) is 4.46. The average Bonchev–Trinajstić information content (AvgIpc) is 2.50. The smallest absolute Gasteiger partial charge is 0.329 e.